The van der Waals surface area contributed by atoms with Gasteiger partial charge in [-0.1, -0.05) is 67.6 Å². The third kappa shape index (κ3) is 7.72. The van der Waals surface area contributed by atoms with E-state index in [1.807, 2.05) is 73.7 Å². The highest BCUT2D eigenvalue weighted by atomic mass is 16.5. The molecule has 0 aromatic heterocycles. The minimum atomic E-state index is -0.253. The maximum atomic E-state index is 13.3. The molecule has 6 nitrogen and oxygen atoms in total. The second kappa shape index (κ2) is 14.1. The van der Waals surface area contributed by atoms with Crippen molar-refractivity contribution in [2.45, 2.75) is 57.4 Å². The topological polar surface area (TPSA) is 67.9 Å². The summed E-state index contributed by atoms with van der Waals surface area (Å²) in [6.07, 6.45) is 4.15. The Morgan fingerprint density at radius 1 is 0.950 bits per heavy atom. The van der Waals surface area contributed by atoms with Crippen molar-refractivity contribution >= 4 is 11.9 Å². The fourth-order valence-corrected chi connectivity index (χ4v) is 5.67. The first-order chi connectivity index (χ1) is 19.4. The summed E-state index contributed by atoms with van der Waals surface area (Å²) < 4.78 is 10.6. The van der Waals surface area contributed by atoms with E-state index < -0.39 is 0 Å². The van der Waals surface area contributed by atoms with Crippen LogP contribution in [0.2, 0.25) is 0 Å². The summed E-state index contributed by atoms with van der Waals surface area (Å²) >= 11 is 0. The molecule has 1 heterocycles. The van der Waals surface area contributed by atoms with E-state index >= 15 is 0 Å². The minimum absolute atomic E-state index is 0.0255. The number of piperidine rings is 1. The van der Waals surface area contributed by atoms with Crippen LogP contribution in [0.15, 0.2) is 78.9 Å². The standard InChI is InChI=1S/C34H42N2O4/c1-4-40-32(37)25-34(2,27-11-6-5-7-12-27)21-10-22-36-23-19-28(20-24-36)35-33(38)31-14-9-8-13-30(31)26-15-17-29(39-3)18-16-26/h5-9,11-18,28H,4,10,19-25H2,1-3H3,(H,35,38). The third-order valence-electron chi connectivity index (χ3n) is 8.01. The number of carbonyl (C=O) groups excluding carboxylic acids is 2. The molecule has 0 spiro atoms. The van der Waals surface area contributed by atoms with Gasteiger partial charge in [-0.15, -0.1) is 0 Å². The monoisotopic (exact) mass is 542 g/mol. The molecule has 1 N–H and O–H groups in total. The van der Waals surface area contributed by atoms with E-state index in [4.69, 9.17) is 9.47 Å². The maximum Gasteiger partial charge on any atom is 0.306 e. The van der Waals surface area contributed by atoms with Crippen molar-refractivity contribution in [2.75, 3.05) is 33.4 Å². The number of esters is 1. The quantitative estimate of drug-likeness (QED) is 0.274. The van der Waals surface area contributed by atoms with E-state index in [1.54, 1.807) is 7.11 Å². The first kappa shape index (κ1) is 29.3. The van der Waals surface area contributed by atoms with Crippen LogP contribution in [0.4, 0.5) is 0 Å². The van der Waals surface area contributed by atoms with Gasteiger partial charge < -0.3 is 19.7 Å². The van der Waals surface area contributed by atoms with Crippen molar-refractivity contribution < 1.29 is 19.1 Å². The van der Waals surface area contributed by atoms with Crippen molar-refractivity contribution in [3.8, 4) is 16.9 Å². The zero-order valence-electron chi connectivity index (χ0n) is 24.0. The highest BCUT2D eigenvalue weighted by Gasteiger charge is 2.30. The Morgan fingerprint density at radius 3 is 2.30 bits per heavy atom. The van der Waals surface area contributed by atoms with Crippen LogP contribution < -0.4 is 10.1 Å². The van der Waals surface area contributed by atoms with E-state index in [0.717, 1.165) is 62.2 Å². The molecule has 1 aliphatic heterocycles. The first-order valence-corrected chi connectivity index (χ1v) is 14.4. The molecule has 6 heteroatoms. The Balaban J connectivity index is 1.29. The summed E-state index contributed by atoms with van der Waals surface area (Å²) in [5.74, 6) is 0.627. The lowest BCUT2D eigenvalue weighted by Gasteiger charge is -2.34. The van der Waals surface area contributed by atoms with E-state index in [0.29, 0.717) is 18.6 Å². The van der Waals surface area contributed by atoms with Crippen LogP contribution in [0.1, 0.15) is 61.9 Å². The summed E-state index contributed by atoms with van der Waals surface area (Å²) in [7, 11) is 1.65. The van der Waals surface area contributed by atoms with E-state index in [-0.39, 0.29) is 23.3 Å². The number of ether oxygens (including phenoxy) is 2. The number of methoxy groups -OCH3 is 1. The lowest BCUT2D eigenvalue weighted by molar-refractivity contribution is -0.144. The molecule has 1 atom stereocenters. The van der Waals surface area contributed by atoms with Crippen molar-refractivity contribution in [2.24, 2.45) is 0 Å². The summed E-state index contributed by atoms with van der Waals surface area (Å²) in [6, 6.07) is 26.0. The van der Waals surface area contributed by atoms with E-state index in [2.05, 4.69) is 29.3 Å². The van der Waals surface area contributed by atoms with Gasteiger partial charge in [0.05, 0.1) is 20.1 Å². The van der Waals surface area contributed by atoms with Gasteiger partial charge in [-0.25, -0.2) is 0 Å². The third-order valence-corrected chi connectivity index (χ3v) is 8.01. The SMILES string of the molecule is CCOC(=O)CC(C)(CCCN1CCC(NC(=O)c2ccccc2-c2ccc(OC)cc2)CC1)c1ccccc1. The number of nitrogens with zero attached hydrogens (tertiary/aromatic N) is 1. The van der Waals surface area contributed by atoms with Crippen molar-refractivity contribution in [1.29, 1.82) is 0 Å². The Hall–Kier alpha value is -3.64. The summed E-state index contributed by atoms with van der Waals surface area (Å²) in [5, 5.41) is 3.28. The molecule has 40 heavy (non-hydrogen) atoms. The number of rotatable bonds is 12. The largest absolute Gasteiger partial charge is 0.497 e. The highest BCUT2D eigenvalue weighted by molar-refractivity contribution is 6.01. The van der Waals surface area contributed by atoms with E-state index in [9.17, 15) is 9.59 Å². The fraction of sp³-hybridized carbons (Fsp3) is 0.412. The Bertz CT molecular complexity index is 1240. The molecule has 0 aliphatic carbocycles. The van der Waals surface area contributed by atoms with Crippen LogP contribution >= 0.6 is 0 Å². The number of carbonyl (C=O) groups is 2. The highest BCUT2D eigenvalue weighted by Crippen LogP contribution is 2.33. The van der Waals surface area contributed by atoms with Gasteiger partial charge in [-0.3, -0.25) is 9.59 Å². The fourth-order valence-electron chi connectivity index (χ4n) is 5.67. The van der Waals surface area contributed by atoms with Gasteiger partial charge in [0.25, 0.3) is 5.91 Å². The number of hydrogen-bond donors (Lipinski definition) is 1. The van der Waals surface area contributed by atoms with Crippen molar-refractivity contribution in [1.82, 2.24) is 10.2 Å². The Kier molecular flexibility index (Phi) is 10.4. The van der Waals surface area contributed by atoms with Gasteiger partial charge in [0.15, 0.2) is 0 Å². The molecular weight excluding hydrogens is 500 g/mol. The molecule has 0 bridgehead atoms. The van der Waals surface area contributed by atoms with Crippen LogP contribution in [0.25, 0.3) is 11.1 Å². The van der Waals surface area contributed by atoms with Gasteiger partial charge in [0.2, 0.25) is 0 Å². The molecule has 1 aliphatic rings. The molecule has 3 aromatic rings. The second-order valence-corrected chi connectivity index (χ2v) is 10.9. The molecular formula is C34H42N2O4. The van der Waals surface area contributed by atoms with Crippen LogP contribution in [-0.2, 0) is 14.9 Å². The number of amides is 1. The molecule has 1 saturated heterocycles. The average molecular weight is 543 g/mol. The normalized spacial score (nSPS) is 15.7. The summed E-state index contributed by atoms with van der Waals surface area (Å²) in [4.78, 5) is 28.1. The van der Waals surface area contributed by atoms with Crippen LogP contribution in [0.5, 0.6) is 5.75 Å². The lowest BCUT2D eigenvalue weighted by atomic mass is 9.76. The molecule has 1 fully saturated rings. The Labute approximate surface area is 238 Å². The average Bonchev–Trinajstić information content (AvgIpc) is 2.98. The zero-order chi connectivity index (χ0) is 28.4. The second-order valence-electron chi connectivity index (χ2n) is 10.9. The van der Waals surface area contributed by atoms with Gasteiger partial charge in [0, 0.05) is 30.1 Å². The number of likely N-dealkylation sites (tertiary alicyclic amines) is 1. The van der Waals surface area contributed by atoms with Gasteiger partial charge in [0.1, 0.15) is 5.75 Å². The van der Waals surface area contributed by atoms with Gasteiger partial charge in [-0.05, 0) is 74.0 Å². The van der Waals surface area contributed by atoms with Crippen LogP contribution in [0.3, 0.4) is 0 Å². The summed E-state index contributed by atoms with van der Waals surface area (Å²) in [6.45, 7) is 7.30. The predicted octanol–water partition coefficient (Wildman–Crippen LogP) is 6.25. The Morgan fingerprint density at radius 2 is 1.62 bits per heavy atom. The molecule has 1 unspecified atom stereocenters. The zero-order valence-corrected chi connectivity index (χ0v) is 24.0. The molecule has 1 amide bonds. The molecule has 3 aromatic carbocycles. The van der Waals surface area contributed by atoms with Crippen molar-refractivity contribution in [3.63, 3.8) is 0 Å². The summed E-state index contributed by atoms with van der Waals surface area (Å²) in [5.41, 5.74) is 3.53. The number of nitrogens with one attached hydrogen (secondary N) is 1. The number of benzene rings is 3. The molecule has 0 radical (unpaired) electrons. The van der Waals surface area contributed by atoms with Crippen LogP contribution in [0, 0.1) is 0 Å². The molecule has 4 rings (SSSR count). The van der Waals surface area contributed by atoms with E-state index in [1.165, 1.54) is 5.56 Å². The first-order valence-electron chi connectivity index (χ1n) is 14.4. The van der Waals surface area contributed by atoms with Gasteiger partial charge >= 0.3 is 5.97 Å². The minimum Gasteiger partial charge on any atom is -0.497 e. The lowest BCUT2D eigenvalue weighted by Crippen LogP contribution is -2.45. The van der Waals surface area contributed by atoms with Crippen molar-refractivity contribution in [3.05, 3.63) is 90.0 Å². The predicted molar refractivity (Wildman–Crippen MR) is 160 cm³/mol. The molecule has 0 saturated carbocycles. The smallest absolute Gasteiger partial charge is 0.306 e. The molecule has 212 valence electrons. The maximum absolute atomic E-state index is 13.3. The number of hydrogen-bond acceptors (Lipinski definition) is 5. The van der Waals surface area contributed by atoms with Crippen LogP contribution in [-0.4, -0.2) is 56.2 Å². The van der Waals surface area contributed by atoms with Gasteiger partial charge in [-0.2, -0.15) is 0 Å².